The Balaban J connectivity index is 1.48. The summed E-state index contributed by atoms with van der Waals surface area (Å²) in [6.45, 7) is 1.93. The molecule has 1 aliphatic rings. The summed E-state index contributed by atoms with van der Waals surface area (Å²) in [7, 11) is 0. The van der Waals surface area contributed by atoms with Gasteiger partial charge in [0.05, 0.1) is 16.2 Å². The highest BCUT2D eigenvalue weighted by Gasteiger charge is 2.19. The lowest BCUT2D eigenvalue weighted by Crippen LogP contribution is -2.23. The molecule has 0 bridgehead atoms. The standard InChI is InChI=1S/C18H15N3O4S/c1-10(16(22)19-11-6-7-14-15(8-11)25-9-24-14)26-18-20-13-5-3-2-4-12(13)17(23)21-18/h2-8,10H,9H2,1H3,(H,19,22)(H,20,21,23)/t10-/m0/s1. The van der Waals surface area contributed by atoms with Gasteiger partial charge < -0.3 is 19.8 Å². The summed E-state index contributed by atoms with van der Waals surface area (Å²) in [4.78, 5) is 31.7. The summed E-state index contributed by atoms with van der Waals surface area (Å²) in [6, 6.07) is 12.3. The number of benzene rings is 2. The van der Waals surface area contributed by atoms with Gasteiger partial charge in [0.15, 0.2) is 16.7 Å². The van der Waals surface area contributed by atoms with Gasteiger partial charge in [-0.05, 0) is 31.2 Å². The van der Waals surface area contributed by atoms with Crippen molar-refractivity contribution in [3.8, 4) is 11.5 Å². The van der Waals surface area contributed by atoms with E-state index in [4.69, 9.17) is 9.47 Å². The lowest BCUT2D eigenvalue weighted by atomic mass is 10.2. The molecule has 2 aromatic carbocycles. The fraction of sp³-hybridized carbons (Fsp3) is 0.167. The summed E-state index contributed by atoms with van der Waals surface area (Å²) < 4.78 is 10.6. The number of amides is 1. The molecule has 2 heterocycles. The van der Waals surface area contributed by atoms with E-state index >= 15 is 0 Å². The van der Waals surface area contributed by atoms with E-state index in [1.807, 2.05) is 6.07 Å². The second kappa shape index (κ2) is 6.72. The Hall–Kier alpha value is -3.00. The van der Waals surface area contributed by atoms with Gasteiger partial charge in [0.2, 0.25) is 12.7 Å². The molecular formula is C18H15N3O4S. The van der Waals surface area contributed by atoms with E-state index in [1.54, 1.807) is 43.3 Å². The molecule has 0 saturated heterocycles. The lowest BCUT2D eigenvalue weighted by molar-refractivity contribution is -0.115. The maximum absolute atomic E-state index is 12.4. The smallest absolute Gasteiger partial charge is 0.259 e. The predicted octanol–water partition coefficient (Wildman–Crippen LogP) is 2.77. The maximum Gasteiger partial charge on any atom is 0.259 e. The minimum atomic E-state index is -0.454. The lowest BCUT2D eigenvalue weighted by Gasteiger charge is -2.12. The summed E-state index contributed by atoms with van der Waals surface area (Å²) in [6.07, 6.45) is 0. The van der Waals surface area contributed by atoms with E-state index in [0.29, 0.717) is 33.2 Å². The largest absolute Gasteiger partial charge is 0.454 e. The highest BCUT2D eigenvalue weighted by molar-refractivity contribution is 8.00. The van der Waals surface area contributed by atoms with Crippen LogP contribution in [0.5, 0.6) is 11.5 Å². The molecule has 132 valence electrons. The molecule has 0 saturated carbocycles. The number of carbonyl (C=O) groups excluding carboxylic acids is 1. The molecule has 7 nitrogen and oxygen atoms in total. The van der Waals surface area contributed by atoms with Gasteiger partial charge in [-0.15, -0.1) is 0 Å². The molecule has 0 spiro atoms. The van der Waals surface area contributed by atoms with Crippen LogP contribution in [0.15, 0.2) is 52.4 Å². The molecule has 2 N–H and O–H groups in total. The van der Waals surface area contributed by atoms with E-state index in [0.717, 1.165) is 0 Å². The van der Waals surface area contributed by atoms with Crippen LogP contribution in [0.2, 0.25) is 0 Å². The van der Waals surface area contributed by atoms with E-state index in [1.165, 1.54) is 11.8 Å². The predicted molar refractivity (Wildman–Crippen MR) is 98.9 cm³/mol. The van der Waals surface area contributed by atoms with Gasteiger partial charge in [0.25, 0.3) is 5.56 Å². The van der Waals surface area contributed by atoms with Gasteiger partial charge in [0, 0.05) is 11.8 Å². The van der Waals surface area contributed by atoms with Crippen molar-refractivity contribution >= 4 is 34.3 Å². The Morgan fingerprint density at radius 2 is 2.04 bits per heavy atom. The van der Waals surface area contributed by atoms with Crippen molar-refractivity contribution < 1.29 is 14.3 Å². The third-order valence-corrected chi connectivity index (χ3v) is 4.87. The molecule has 1 atom stereocenters. The number of carbonyl (C=O) groups is 1. The molecule has 4 rings (SSSR count). The maximum atomic E-state index is 12.4. The number of fused-ring (bicyclic) bond motifs is 2. The molecule has 3 aromatic rings. The minimum Gasteiger partial charge on any atom is -0.454 e. The van der Waals surface area contributed by atoms with E-state index in [2.05, 4.69) is 15.3 Å². The number of ether oxygens (including phenoxy) is 2. The normalized spacial score (nSPS) is 13.6. The summed E-state index contributed by atoms with van der Waals surface area (Å²) in [5, 5.41) is 3.30. The van der Waals surface area contributed by atoms with Crippen LogP contribution in [-0.4, -0.2) is 27.9 Å². The number of nitrogens with zero attached hydrogens (tertiary/aromatic N) is 1. The zero-order valence-corrected chi connectivity index (χ0v) is 14.6. The highest BCUT2D eigenvalue weighted by atomic mass is 32.2. The monoisotopic (exact) mass is 369 g/mol. The second-order valence-electron chi connectivity index (χ2n) is 5.71. The number of para-hydroxylation sites is 1. The minimum absolute atomic E-state index is 0.181. The molecule has 26 heavy (non-hydrogen) atoms. The second-order valence-corrected chi connectivity index (χ2v) is 7.04. The first-order valence-corrected chi connectivity index (χ1v) is 8.84. The van der Waals surface area contributed by atoms with Crippen molar-refractivity contribution in [2.45, 2.75) is 17.3 Å². The Morgan fingerprint density at radius 1 is 1.23 bits per heavy atom. The number of rotatable bonds is 4. The fourth-order valence-electron chi connectivity index (χ4n) is 2.56. The molecule has 0 fully saturated rings. The molecule has 1 amide bonds. The zero-order chi connectivity index (χ0) is 18.1. The first-order chi connectivity index (χ1) is 12.6. The summed E-state index contributed by atoms with van der Waals surface area (Å²) >= 11 is 1.19. The van der Waals surface area contributed by atoms with Gasteiger partial charge in [-0.2, -0.15) is 0 Å². The van der Waals surface area contributed by atoms with Crippen LogP contribution >= 0.6 is 11.8 Å². The van der Waals surface area contributed by atoms with Gasteiger partial charge in [-0.3, -0.25) is 9.59 Å². The number of anilines is 1. The number of hydrogen-bond acceptors (Lipinski definition) is 6. The quantitative estimate of drug-likeness (QED) is 0.543. The molecular weight excluding hydrogens is 354 g/mol. The van der Waals surface area contributed by atoms with Crippen molar-refractivity contribution in [1.82, 2.24) is 9.97 Å². The van der Waals surface area contributed by atoms with E-state index < -0.39 is 5.25 Å². The van der Waals surface area contributed by atoms with Crippen LogP contribution in [0.1, 0.15) is 6.92 Å². The first kappa shape index (κ1) is 16.5. The van der Waals surface area contributed by atoms with Crippen LogP contribution < -0.4 is 20.3 Å². The van der Waals surface area contributed by atoms with Crippen molar-refractivity contribution in [2.75, 3.05) is 12.1 Å². The number of H-pyrrole nitrogens is 1. The van der Waals surface area contributed by atoms with Crippen molar-refractivity contribution in [1.29, 1.82) is 0 Å². The first-order valence-electron chi connectivity index (χ1n) is 7.96. The third-order valence-electron chi connectivity index (χ3n) is 3.89. The number of aromatic nitrogens is 2. The van der Waals surface area contributed by atoms with Crippen LogP contribution in [0.3, 0.4) is 0 Å². The summed E-state index contributed by atoms with van der Waals surface area (Å²) in [5.41, 5.74) is 0.996. The van der Waals surface area contributed by atoms with Crippen molar-refractivity contribution in [3.63, 3.8) is 0 Å². The molecule has 1 aromatic heterocycles. The van der Waals surface area contributed by atoms with Gasteiger partial charge >= 0.3 is 0 Å². The third kappa shape index (κ3) is 3.23. The van der Waals surface area contributed by atoms with Gasteiger partial charge in [-0.25, -0.2) is 4.98 Å². The number of aromatic amines is 1. The van der Waals surface area contributed by atoms with E-state index in [-0.39, 0.29) is 18.3 Å². The van der Waals surface area contributed by atoms with E-state index in [9.17, 15) is 9.59 Å². The Bertz CT molecular complexity index is 1050. The molecule has 8 heteroatoms. The van der Waals surface area contributed by atoms with Crippen LogP contribution in [-0.2, 0) is 4.79 Å². The Labute approximate surface area is 152 Å². The molecule has 0 radical (unpaired) electrons. The summed E-state index contributed by atoms with van der Waals surface area (Å²) in [5.74, 6) is 1.05. The molecule has 0 unspecified atom stereocenters. The highest BCUT2D eigenvalue weighted by Crippen LogP contribution is 2.34. The van der Waals surface area contributed by atoms with Gasteiger partial charge in [0.1, 0.15) is 0 Å². The number of hydrogen-bond donors (Lipinski definition) is 2. The SMILES string of the molecule is C[C@H](Sc1nc2ccccc2c(=O)[nH]1)C(=O)Nc1ccc2c(c1)OCO2. The number of thioether (sulfide) groups is 1. The fourth-order valence-corrected chi connectivity index (χ4v) is 3.36. The van der Waals surface area contributed by atoms with Crippen LogP contribution in [0.4, 0.5) is 5.69 Å². The molecule has 1 aliphatic heterocycles. The number of nitrogens with one attached hydrogen (secondary N) is 2. The van der Waals surface area contributed by atoms with Crippen molar-refractivity contribution in [2.24, 2.45) is 0 Å². The average Bonchev–Trinajstić information content (AvgIpc) is 3.09. The average molecular weight is 369 g/mol. The zero-order valence-electron chi connectivity index (χ0n) is 13.8. The van der Waals surface area contributed by atoms with Crippen LogP contribution in [0.25, 0.3) is 10.9 Å². The Morgan fingerprint density at radius 3 is 2.92 bits per heavy atom. The van der Waals surface area contributed by atoms with Crippen molar-refractivity contribution in [3.05, 3.63) is 52.8 Å². The topological polar surface area (TPSA) is 93.3 Å². The Kier molecular flexibility index (Phi) is 4.26. The van der Waals surface area contributed by atoms with Gasteiger partial charge in [-0.1, -0.05) is 23.9 Å². The van der Waals surface area contributed by atoms with Crippen LogP contribution in [0, 0.1) is 0 Å². The molecule has 0 aliphatic carbocycles.